The molecule has 0 radical (unpaired) electrons. The molecule has 1 aromatic heterocycles. The van der Waals surface area contributed by atoms with E-state index in [1.807, 2.05) is 0 Å². The minimum Gasteiger partial charge on any atom is -0.394 e. The highest BCUT2D eigenvalue weighted by molar-refractivity contribution is 5.95. The number of nitrogens with two attached hydrogens (primary N) is 3. The molecule has 1 aromatic carbocycles. The lowest BCUT2D eigenvalue weighted by Crippen LogP contribution is -2.59. The van der Waals surface area contributed by atoms with E-state index in [1.54, 1.807) is 30.3 Å². The normalized spacial score (nSPS) is 13.5. The van der Waals surface area contributed by atoms with Gasteiger partial charge in [0, 0.05) is 38.2 Å². The van der Waals surface area contributed by atoms with Crippen LogP contribution in [0.2, 0.25) is 0 Å². The summed E-state index contributed by atoms with van der Waals surface area (Å²) in [7, 11) is 0. The maximum absolute atomic E-state index is 13.6. The maximum Gasteiger partial charge on any atom is 0.243 e. The van der Waals surface area contributed by atoms with E-state index in [2.05, 4.69) is 36.2 Å². The molecular weight excluding hydrogens is 548 g/mol. The molecule has 2 rings (SSSR count). The summed E-state index contributed by atoms with van der Waals surface area (Å²) in [5, 5.41) is 19.6. The first kappa shape index (κ1) is 33.2. The van der Waals surface area contributed by atoms with E-state index in [-0.39, 0.29) is 38.2 Å². The number of nitrogens with zero attached hydrogens (tertiary/aromatic N) is 2. The minimum atomic E-state index is -1.38. The van der Waals surface area contributed by atoms with Crippen molar-refractivity contribution in [3.63, 3.8) is 0 Å². The highest BCUT2D eigenvalue weighted by Gasteiger charge is 2.31. The summed E-state index contributed by atoms with van der Waals surface area (Å²) in [6, 6.07) is 4.07. The maximum atomic E-state index is 13.6. The van der Waals surface area contributed by atoms with Gasteiger partial charge in [0.2, 0.25) is 29.5 Å². The van der Waals surface area contributed by atoms with Crippen LogP contribution in [0.3, 0.4) is 0 Å². The number of hydrogen-bond acceptors (Lipinski definition) is 8. The summed E-state index contributed by atoms with van der Waals surface area (Å²) in [4.78, 5) is 74.0. The van der Waals surface area contributed by atoms with Crippen LogP contribution in [0, 0.1) is 0 Å². The molecule has 0 bridgehead atoms. The molecule has 0 saturated carbocycles. The van der Waals surface area contributed by atoms with Crippen LogP contribution in [0.5, 0.6) is 0 Å². The van der Waals surface area contributed by atoms with Gasteiger partial charge in [-0.05, 0) is 18.4 Å². The van der Waals surface area contributed by atoms with Gasteiger partial charge < -0.3 is 48.6 Å². The fourth-order valence-electron chi connectivity index (χ4n) is 3.93. The van der Waals surface area contributed by atoms with Gasteiger partial charge in [-0.2, -0.15) is 0 Å². The van der Waals surface area contributed by atoms with Crippen molar-refractivity contribution in [2.75, 3.05) is 13.2 Å². The number of benzene rings is 1. The van der Waals surface area contributed by atoms with E-state index >= 15 is 0 Å². The fourth-order valence-corrected chi connectivity index (χ4v) is 3.93. The minimum absolute atomic E-state index is 0.0472. The quantitative estimate of drug-likeness (QED) is 0.0509. The number of primary amides is 1. The molecule has 0 saturated heterocycles. The lowest BCUT2D eigenvalue weighted by atomic mass is 10.0. The van der Waals surface area contributed by atoms with Crippen molar-refractivity contribution in [2.45, 2.75) is 56.8 Å². The highest BCUT2D eigenvalue weighted by atomic mass is 16.3. The summed E-state index contributed by atoms with van der Waals surface area (Å²) >= 11 is 0. The molecule has 0 aliphatic rings. The van der Waals surface area contributed by atoms with Crippen LogP contribution in [0.4, 0.5) is 0 Å². The number of aliphatic hydroxyl groups excluding tert-OH is 1. The number of nitrogens with one attached hydrogen (secondary N) is 5. The highest BCUT2D eigenvalue weighted by Crippen LogP contribution is 2.08. The molecule has 0 fully saturated rings. The molecule has 12 N–H and O–H groups in total. The number of aliphatic hydroxyl groups is 1. The SMILES string of the molecule is CC(=O)N[C@@H](Cc1cnc[nH]1)C(=O)N[C@H](Cc1ccccc1)C(=O)N[C@@H](CCCN=C(N)N)C(=O)N[C@@H](CO)C(N)=O. The number of H-pyrrole nitrogens is 1. The first-order valence-corrected chi connectivity index (χ1v) is 13.1. The van der Waals surface area contributed by atoms with Crippen molar-refractivity contribution in [3.05, 3.63) is 54.1 Å². The lowest BCUT2D eigenvalue weighted by molar-refractivity contribution is -0.134. The molecular formula is C26H38N10O6. The van der Waals surface area contributed by atoms with Gasteiger partial charge in [-0.25, -0.2) is 4.98 Å². The summed E-state index contributed by atoms with van der Waals surface area (Å²) in [6.45, 7) is 0.666. The van der Waals surface area contributed by atoms with E-state index < -0.39 is 60.3 Å². The predicted octanol–water partition coefficient (Wildman–Crippen LogP) is -3.31. The first-order valence-electron chi connectivity index (χ1n) is 13.1. The van der Waals surface area contributed by atoms with E-state index in [0.29, 0.717) is 11.3 Å². The molecule has 42 heavy (non-hydrogen) atoms. The fraction of sp³-hybridized carbons (Fsp3) is 0.423. The summed E-state index contributed by atoms with van der Waals surface area (Å²) in [5.41, 5.74) is 17.2. The third kappa shape index (κ3) is 11.6. The van der Waals surface area contributed by atoms with E-state index in [1.165, 1.54) is 19.4 Å². The second-order valence-corrected chi connectivity index (χ2v) is 9.44. The number of aliphatic imine (C=N–C) groups is 1. The van der Waals surface area contributed by atoms with E-state index in [4.69, 9.17) is 17.2 Å². The molecule has 16 nitrogen and oxygen atoms in total. The Hall–Kier alpha value is -4.99. The summed E-state index contributed by atoms with van der Waals surface area (Å²) < 4.78 is 0. The number of aromatic nitrogens is 2. The second-order valence-electron chi connectivity index (χ2n) is 9.44. The van der Waals surface area contributed by atoms with Crippen LogP contribution in [0.15, 0.2) is 47.8 Å². The van der Waals surface area contributed by atoms with Crippen LogP contribution in [-0.2, 0) is 36.8 Å². The number of rotatable bonds is 17. The van der Waals surface area contributed by atoms with Gasteiger partial charge in [-0.3, -0.25) is 29.0 Å². The molecule has 0 aliphatic carbocycles. The van der Waals surface area contributed by atoms with Gasteiger partial charge in [0.15, 0.2) is 5.96 Å². The zero-order chi connectivity index (χ0) is 31.1. The Morgan fingerprint density at radius 1 is 0.881 bits per heavy atom. The number of carbonyl (C=O) groups is 5. The van der Waals surface area contributed by atoms with Crippen molar-refractivity contribution >= 4 is 35.5 Å². The van der Waals surface area contributed by atoms with Gasteiger partial charge in [-0.15, -0.1) is 0 Å². The van der Waals surface area contributed by atoms with Crippen LogP contribution < -0.4 is 38.5 Å². The third-order valence-electron chi connectivity index (χ3n) is 6.01. The lowest BCUT2D eigenvalue weighted by Gasteiger charge is -2.26. The average Bonchev–Trinajstić information content (AvgIpc) is 3.45. The molecule has 228 valence electrons. The number of carbonyl (C=O) groups excluding carboxylic acids is 5. The van der Waals surface area contributed by atoms with Crippen molar-refractivity contribution in [1.29, 1.82) is 0 Å². The van der Waals surface area contributed by atoms with Gasteiger partial charge >= 0.3 is 0 Å². The third-order valence-corrected chi connectivity index (χ3v) is 6.01. The molecule has 5 amide bonds. The molecule has 2 aromatic rings. The summed E-state index contributed by atoms with van der Waals surface area (Å²) in [6.07, 6.45) is 3.39. The Kier molecular flexibility index (Phi) is 13.4. The van der Waals surface area contributed by atoms with Gasteiger partial charge in [-0.1, -0.05) is 30.3 Å². The van der Waals surface area contributed by atoms with Crippen molar-refractivity contribution in [2.24, 2.45) is 22.2 Å². The number of aromatic amines is 1. The zero-order valence-corrected chi connectivity index (χ0v) is 23.2. The Labute approximate surface area is 242 Å². The molecule has 0 unspecified atom stereocenters. The van der Waals surface area contributed by atoms with Crippen LogP contribution in [0.1, 0.15) is 31.0 Å². The standard InChI is InChI=1S/C26H38N10O6/c1-15(38)33-20(11-17-12-30-14-32-17)25(42)35-19(10-16-6-3-2-4-7-16)24(41)34-18(8-5-9-31-26(28)29)23(40)36-21(13-37)22(27)39/h2-4,6-7,12,14,18-21,37H,5,8-11,13H2,1H3,(H2,27,39)(H,30,32)(H,33,38)(H,34,41)(H,35,42)(H,36,40)(H4,28,29,31)/t18-,19+,20-,21-/m0/s1. The van der Waals surface area contributed by atoms with Crippen molar-refractivity contribution in [3.8, 4) is 0 Å². The number of amides is 5. The van der Waals surface area contributed by atoms with E-state index in [9.17, 15) is 29.1 Å². The van der Waals surface area contributed by atoms with Crippen LogP contribution in [-0.4, -0.2) is 87.9 Å². The van der Waals surface area contributed by atoms with Gasteiger partial charge in [0.05, 0.1) is 12.9 Å². The Morgan fingerprint density at radius 2 is 1.48 bits per heavy atom. The number of imidazole rings is 1. The van der Waals surface area contributed by atoms with Crippen LogP contribution in [0.25, 0.3) is 0 Å². The van der Waals surface area contributed by atoms with Crippen molar-refractivity contribution in [1.82, 2.24) is 31.2 Å². The predicted molar refractivity (Wildman–Crippen MR) is 152 cm³/mol. The van der Waals surface area contributed by atoms with E-state index in [0.717, 1.165) is 0 Å². The Balaban J connectivity index is 2.29. The number of hydrogen-bond donors (Lipinski definition) is 9. The Bertz CT molecular complexity index is 1220. The zero-order valence-electron chi connectivity index (χ0n) is 23.2. The molecule has 0 aliphatic heterocycles. The summed E-state index contributed by atoms with van der Waals surface area (Å²) in [5.74, 6) is -3.71. The van der Waals surface area contributed by atoms with Gasteiger partial charge in [0.1, 0.15) is 24.2 Å². The molecule has 16 heteroatoms. The van der Waals surface area contributed by atoms with Crippen LogP contribution >= 0.6 is 0 Å². The number of guanidine groups is 1. The average molecular weight is 587 g/mol. The topological polar surface area (TPSA) is 273 Å². The van der Waals surface area contributed by atoms with Crippen molar-refractivity contribution < 1.29 is 29.1 Å². The first-order chi connectivity index (χ1) is 20.0. The molecule has 4 atom stereocenters. The Morgan fingerprint density at radius 3 is 2.02 bits per heavy atom. The molecule has 1 heterocycles. The monoisotopic (exact) mass is 586 g/mol. The molecule has 0 spiro atoms. The smallest absolute Gasteiger partial charge is 0.243 e. The second kappa shape index (κ2) is 17.0. The van der Waals surface area contributed by atoms with Gasteiger partial charge in [0.25, 0.3) is 0 Å². The largest absolute Gasteiger partial charge is 0.394 e.